The van der Waals surface area contributed by atoms with Crippen LogP contribution in [0.15, 0.2) is 83.8 Å². The second-order valence-electron chi connectivity index (χ2n) is 9.16. The Morgan fingerprint density at radius 2 is 1.68 bits per heavy atom. The van der Waals surface area contributed by atoms with E-state index in [1.807, 2.05) is 30.6 Å². The average Bonchev–Trinajstić information content (AvgIpc) is 3.41. The van der Waals surface area contributed by atoms with E-state index in [0.717, 1.165) is 66.0 Å². The van der Waals surface area contributed by atoms with Crippen molar-refractivity contribution in [3.63, 3.8) is 0 Å². The highest BCUT2D eigenvalue weighted by atomic mass is 19.4. The highest BCUT2D eigenvalue weighted by molar-refractivity contribution is 5.94. The quantitative estimate of drug-likeness (QED) is 0.297. The minimum absolute atomic E-state index is 0.0821. The Kier molecular flexibility index (Phi) is 6.24. The minimum atomic E-state index is -4.43. The standard InChI is InChI=1S/C28H23F3N6O/c29-28(30,31)22-5-1-3-20(15-22)27-34-26(35-38-27)18-36-11-13-37(14-12-36)25-8-10-33-24-16-19(6-7-23(24)25)21-4-2-9-32-17-21/h1-10,15-17H,11-14,18H2. The van der Waals surface area contributed by atoms with E-state index in [4.69, 9.17) is 4.52 Å². The molecule has 7 nitrogen and oxygen atoms in total. The van der Waals surface area contributed by atoms with Crippen molar-refractivity contribution < 1.29 is 17.7 Å². The number of alkyl halides is 3. The molecule has 0 N–H and O–H groups in total. The molecule has 6 rings (SSSR count). The maximum atomic E-state index is 13.0. The Bertz CT molecular complexity index is 1560. The predicted molar refractivity (Wildman–Crippen MR) is 137 cm³/mol. The molecule has 2 aromatic carbocycles. The molecule has 3 aromatic heterocycles. The SMILES string of the molecule is FC(F)(F)c1cccc(-c2nc(CN3CCN(c4ccnc5cc(-c6cccnc6)ccc45)CC3)no2)c1. The number of hydrogen-bond donors (Lipinski definition) is 0. The average molecular weight is 517 g/mol. The Morgan fingerprint density at radius 1 is 0.842 bits per heavy atom. The summed E-state index contributed by atoms with van der Waals surface area (Å²) in [5.74, 6) is 0.529. The second kappa shape index (κ2) is 9.86. The molecule has 0 saturated carbocycles. The van der Waals surface area contributed by atoms with Crippen molar-refractivity contribution in [2.24, 2.45) is 0 Å². The molecule has 5 aromatic rings. The molecule has 1 aliphatic heterocycles. The van der Waals surface area contributed by atoms with Gasteiger partial charge in [0.15, 0.2) is 5.82 Å². The molecule has 0 bridgehead atoms. The smallest absolute Gasteiger partial charge is 0.368 e. The van der Waals surface area contributed by atoms with Gasteiger partial charge in [0.05, 0.1) is 17.6 Å². The van der Waals surface area contributed by atoms with Crippen LogP contribution in [-0.2, 0) is 12.7 Å². The van der Waals surface area contributed by atoms with Crippen molar-refractivity contribution >= 4 is 16.6 Å². The van der Waals surface area contributed by atoms with Crippen molar-refractivity contribution in [2.45, 2.75) is 12.7 Å². The van der Waals surface area contributed by atoms with Gasteiger partial charge in [-0.2, -0.15) is 18.2 Å². The summed E-state index contributed by atoms with van der Waals surface area (Å²) in [4.78, 5) is 17.7. The van der Waals surface area contributed by atoms with E-state index in [1.54, 1.807) is 6.20 Å². The lowest BCUT2D eigenvalue weighted by atomic mass is 10.0. The molecule has 0 atom stereocenters. The van der Waals surface area contributed by atoms with E-state index in [2.05, 4.69) is 48.1 Å². The van der Waals surface area contributed by atoms with Gasteiger partial charge in [0, 0.05) is 67.0 Å². The number of benzene rings is 2. The van der Waals surface area contributed by atoms with Crippen molar-refractivity contribution in [1.82, 2.24) is 25.0 Å². The number of nitrogens with zero attached hydrogens (tertiary/aromatic N) is 6. The fourth-order valence-corrected chi connectivity index (χ4v) is 4.73. The van der Waals surface area contributed by atoms with Gasteiger partial charge in [0.2, 0.25) is 0 Å². The molecule has 1 saturated heterocycles. The Morgan fingerprint density at radius 3 is 2.47 bits per heavy atom. The third kappa shape index (κ3) is 4.95. The molecule has 1 aliphatic rings. The number of anilines is 1. The first-order chi connectivity index (χ1) is 18.4. The second-order valence-corrected chi connectivity index (χ2v) is 9.16. The van der Waals surface area contributed by atoms with E-state index >= 15 is 0 Å². The Hall–Kier alpha value is -4.31. The number of halogens is 3. The first-order valence-corrected chi connectivity index (χ1v) is 12.2. The fourth-order valence-electron chi connectivity index (χ4n) is 4.73. The lowest BCUT2D eigenvalue weighted by Crippen LogP contribution is -2.46. The van der Waals surface area contributed by atoms with Crippen molar-refractivity contribution in [3.8, 4) is 22.6 Å². The van der Waals surface area contributed by atoms with E-state index in [9.17, 15) is 13.2 Å². The van der Waals surface area contributed by atoms with Gasteiger partial charge < -0.3 is 9.42 Å². The molecule has 0 spiro atoms. The van der Waals surface area contributed by atoms with Crippen LogP contribution in [0.2, 0.25) is 0 Å². The van der Waals surface area contributed by atoms with Crippen LogP contribution in [0.25, 0.3) is 33.5 Å². The lowest BCUT2D eigenvalue weighted by molar-refractivity contribution is -0.137. The van der Waals surface area contributed by atoms with Gasteiger partial charge in [0.25, 0.3) is 5.89 Å². The summed E-state index contributed by atoms with van der Waals surface area (Å²) < 4.78 is 44.4. The molecule has 0 amide bonds. The van der Waals surface area contributed by atoms with E-state index in [1.165, 1.54) is 12.1 Å². The van der Waals surface area contributed by atoms with Crippen molar-refractivity contribution in [2.75, 3.05) is 31.1 Å². The maximum Gasteiger partial charge on any atom is 0.416 e. The highest BCUT2D eigenvalue weighted by Gasteiger charge is 2.31. The lowest BCUT2D eigenvalue weighted by Gasteiger charge is -2.36. The zero-order valence-corrected chi connectivity index (χ0v) is 20.3. The summed E-state index contributed by atoms with van der Waals surface area (Å²) in [5, 5.41) is 5.09. The molecule has 38 heavy (non-hydrogen) atoms. The van der Waals surface area contributed by atoms with Gasteiger partial charge in [-0.3, -0.25) is 14.9 Å². The fraction of sp³-hybridized carbons (Fsp3) is 0.214. The molecular formula is C28H23F3N6O. The first kappa shape index (κ1) is 24.1. The largest absolute Gasteiger partial charge is 0.416 e. The van der Waals surface area contributed by atoms with Gasteiger partial charge in [-0.15, -0.1) is 0 Å². The predicted octanol–water partition coefficient (Wildman–Crippen LogP) is 5.69. The summed E-state index contributed by atoms with van der Waals surface area (Å²) in [6.45, 7) is 3.64. The van der Waals surface area contributed by atoms with Crippen LogP contribution in [-0.4, -0.2) is 51.2 Å². The number of hydrogen-bond acceptors (Lipinski definition) is 7. The third-order valence-electron chi connectivity index (χ3n) is 6.70. The molecule has 0 unspecified atom stereocenters. The molecule has 0 aliphatic carbocycles. The maximum absolute atomic E-state index is 13.0. The summed E-state index contributed by atoms with van der Waals surface area (Å²) in [5.41, 5.74) is 3.69. The molecule has 10 heteroatoms. The number of rotatable bonds is 5. The van der Waals surface area contributed by atoms with Crippen LogP contribution in [0.4, 0.5) is 18.9 Å². The van der Waals surface area contributed by atoms with Crippen LogP contribution in [0.1, 0.15) is 11.4 Å². The molecule has 192 valence electrons. The number of piperazine rings is 1. The zero-order valence-electron chi connectivity index (χ0n) is 20.3. The van der Waals surface area contributed by atoms with Gasteiger partial charge in [-0.1, -0.05) is 29.4 Å². The van der Waals surface area contributed by atoms with Crippen LogP contribution in [0, 0.1) is 0 Å². The number of pyridine rings is 2. The number of aromatic nitrogens is 4. The molecule has 0 radical (unpaired) electrons. The Balaban J connectivity index is 1.12. The number of fused-ring (bicyclic) bond motifs is 1. The summed E-state index contributed by atoms with van der Waals surface area (Å²) >= 11 is 0. The molecular weight excluding hydrogens is 493 g/mol. The van der Waals surface area contributed by atoms with Gasteiger partial charge in [0.1, 0.15) is 0 Å². The van der Waals surface area contributed by atoms with Crippen LogP contribution in [0.5, 0.6) is 0 Å². The first-order valence-electron chi connectivity index (χ1n) is 12.2. The van der Waals surface area contributed by atoms with E-state index < -0.39 is 11.7 Å². The van der Waals surface area contributed by atoms with Crippen molar-refractivity contribution in [3.05, 3.63) is 90.6 Å². The van der Waals surface area contributed by atoms with Gasteiger partial charge >= 0.3 is 6.18 Å². The van der Waals surface area contributed by atoms with Crippen LogP contribution >= 0.6 is 0 Å². The topological polar surface area (TPSA) is 71.2 Å². The highest BCUT2D eigenvalue weighted by Crippen LogP contribution is 2.32. The molecule has 1 fully saturated rings. The Labute approximate surface area is 216 Å². The molecule has 4 heterocycles. The minimum Gasteiger partial charge on any atom is -0.368 e. The van der Waals surface area contributed by atoms with Crippen molar-refractivity contribution in [1.29, 1.82) is 0 Å². The third-order valence-corrected chi connectivity index (χ3v) is 6.70. The van der Waals surface area contributed by atoms with E-state index in [0.29, 0.717) is 12.4 Å². The zero-order chi connectivity index (χ0) is 26.1. The van der Waals surface area contributed by atoms with Gasteiger partial charge in [-0.25, -0.2) is 0 Å². The monoisotopic (exact) mass is 516 g/mol. The van der Waals surface area contributed by atoms with Crippen LogP contribution in [0.3, 0.4) is 0 Å². The van der Waals surface area contributed by atoms with Crippen LogP contribution < -0.4 is 4.90 Å². The normalized spacial score (nSPS) is 14.8. The summed E-state index contributed by atoms with van der Waals surface area (Å²) in [7, 11) is 0. The van der Waals surface area contributed by atoms with Gasteiger partial charge in [-0.05, 0) is 42.0 Å². The summed E-state index contributed by atoms with van der Waals surface area (Å²) in [6, 6.07) is 17.2. The van der Waals surface area contributed by atoms with E-state index in [-0.39, 0.29) is 11.5 Å². The summed E-state index contributed by atoms with van der Waals surface area (Å²) in [6.07, 6.45) is 1.01.